The molecule has 1 fully saturated rings. The van der Waals surface area contributed by atoms with E-state index >= 15 is 0 Å². The molecule has 0 bridgehead atoms. The summed E-state index contributed by atoms with van der Waals surface area (Å²) in [5.74, 6) is 0.0596. The first-order valence-electron chi connectivity index (χ1n) is 6.43. The predicted octanol–water partition coefficient (Wildman–Crippen LogP) is 0.785. The van der Waals surface area contributed by atoms with Crippen molar-refractivity contribution in [1.82, 2.24) is 4.90 Å². The Labute approximate surface area is 121 Å². The van der Waals surface area contributed by atoms with E-state index in [1.807, 2.05) is 0 Å². The lowest BCUT2D eigenvalue weighted by atomic mass is 10.1. The van der Waals surface area contributed by atoms with Crippen LogP contribution >= 0.6 is 0 Å². The molecule has 0 aromatic heterocycles. The summed E-state index contributed by atoms with van der Waals surface area (Å²) in [6.07, 6.45) is 0.687. The molecule has 0 unspecified atom stereocenters. The number of methoxy groups -OCH3 is 2. The fourth-order valence-corrected chi connectivity index (χ4v) is 2.33. The highest BCUT2D eigenvalue weighted by atomic mass is 16.6. The second kappa shape index (κ2) is 5.96. The number of hydrogen-bond donors (Lipinski definition) is 1. The number of carbonyl (C=O) groups excluding carboxylic acids is 1. The van der Waals surface area contributed by atoms with Gasteiger partial charge in [-0.2, -0.15) is 0 Å². The van der Waals surface area contributed by atoms with Crippen molar-refractivity contribution in [3.8, 4) is 11.5 Å². The Bertz CT molecular complexity index is 575. The highest BCUT2D eigenvalue weighted by Gasteiger charge is 2.31. The zero-order valence-electron chi connectivity index (χ0n) is 11.9. The first kappa shape index (κ1) is 15.0. The lowest BCUT2D eigenvalue weighted by Gasteiger charge is -2.17. The van der Waals surface area contributed by atoms with Crippen LogP contribution in [0, 0.1) is 10.1 Å². The average molecular weight is 295 g/mol. The van der Waals surface area contributed by atoms with Crippen LogP contribution in [-0.2, 0) is 0 Å². The third-order valence-corrected chi connectivity index (χ3v) is 3.44. The maximum Gasteiger partial charge on any atom is 0.286 e. The van der Waals surface area contributed by atoms with Crippen LogP contribution in [0.25, 0.3) is 0 Å². The molecule has 1 atom stereocenters. The monoisotopic (exact) mass is 295 g/mol. The van der Waals surface area contributed by atoms with Gasteiger partial charge in [0.2, 0.25) is 0 Å². The van der Waals surface area contributed by atoms with E-state index in [0.29, 0.717) is 19.5 Å². The molecule has 21 heavy (non-hydrogen) atoms. The Balaban J connectivity index is 2.45. The molecular weight excluding hydrogens is 278 g/mol. The van der Waals surface area contributed by atoms with Gasteiger partial charge in [-0.05, 0) is 6.42 Å². The Kier molecular flexibility index (Phi) is 4.27. The molecule has 1 aromatic carbocycles. The molecule has 0 aliphatic carbocycles. The predicted molar refractivity (Wildman–Crippen MR) is 74.7 cm³/mol. The van der Waals surface area contributed by atoms with Gasteiger partial charge in [-0.15, -0.1) is 0 Å². The SMILES string of the molecule is COc1cc(C(=O)N2CC[C@@H](N)C2)c([N+](=O)[O-])cc1OC. The number of carbonyl (C=O) groups is 1. The Morgan fingerprint density at radius 3 is 2.48 bits per heavy atom. The van der Waals surface area contributed by atoms with Gasteiger partial charge in [0, 0.05) is 25.2 Å². The smallest absolute Gasteiger partial charge is 0.286 e. The van der Waals surface area contributed by atoms with Crippen molar-refractivity contribution in [2.24, 2.45) is 5.73 Å². The van der Waals surface area contributed by atoms with E-state index in [1.54, 1.807) is 0 Å². The molecule has 8 heteroatoms. The van der Waals surface area contributed by atoms with Crippen molar-refractivity contribution in [2.45, 2.75) is 12.5 Å². The van der Waals surface area contributed by atoms with Crippen LogP contribution in [0.1, 0.15) is 16.8 Å². The van der Waals surface area contributed by atoms with E-state index in [2.05, 4.69) is 0 Å². The van der Waals surface area contributed by atoms with Crippen LogP contribution in [0.3, 0.4) is 0 Å². The normalized spacial score (nSPS) is 17.7. The molecule has 2 rings (SSSR count). The molecule has 114 valence electrons. The molecule has 1 heterocycles. The maximum atomic E-state index is 12.5. The van der Waals surface area contributed by atoms with Crippen LogP contribution < -0.4 is 15.2 Å². The van der Waals surface area contributed by atoms with Crippen molar-refractivity contribution < 1.29 is 19.2 Å². The van der Waals surface area contributed by atoms with E-state index < -0.39 is 10.8 Å². The molecule has 1 saturated heterocycles. The minimum atomic E-state index is -0.606. The standard InChI is InChI=1S/C13H17N3O5/c1-20-11-5-9(10(16(18)19)6-12(11)21-2)13(17)15-4-3-8(14)7-15/h5-6,8H,3-4,7,14H2,1-2H3/t8-/m1/s1. The number of rotatable bonds is 4. The number of nitro benzene ring substituents is 1. The third-order valence-electron chi connectivity index (χ3n) is 3.44. The molecule has 1 amide bonds. The van der Waals surface area contributed by atoms with Crippen molar-refractivity contribution in [1.29, 1.82) is 0 Å². The van der Waals surface area contributed by atoms with Gasteiger partial charge < -0.3 is 20.1 Å². The molecule has 0 spiro atoms. The average Bonchev–Trinajstić information content (AvgIpc) is 2.91. The van der Waals surface area contributed by atoms with Gasteiger partial charge in [-0.1, -0.05) is 0 Å². The van der Waals surface area contributed by atoms with Crippen molar-refractivity contribution >= 4 is 11.6 Å². The Morgan fingerprint density at radius 1 is 1.38 bits per heavy atom. The van der Waals surface area contributed by atoms with E-state index in [-0.39, 0.29) is 28.8 Å². The van der Waals surface area contributed by atoms with Gasteiger partial charge in [0.05, 0.1) is 25.2 Å². The summed E-state index contributed by atoms with van der Waals surface area (Å²) in [6, 6.07) is 2.44. The van der Waals surface area contributed by atoms with E-state index in [4.69, 9.17) is 15.2 Å². The van der Waals surface area contributed by atoms with Crippen LogP contribution in [-0.4, -0.2) is 49.1 Å². The number of benzene rings is 1. The lowest BCUT2D eigenvalue weighted by Crippen LogP contribution is -2.32. The maximum absolute atomic E-state index is 12.5. The molecule has 1 aromatic rings. The number of nitro groups is 1. The number of nitrogens with two attached hydrogens (primary N) is 1. The van der Waals surface area contributed by atoms with E-state index in [9.17, 15) is 14.9 Å². The largest absolute Gasteiger partial charge is 0.493 e. The van der Waals surface area contributed by atoms with Gasteiger partial charge >= 0.3 is 0 Å². The van der Waals surface area contributed by atoms with Gasteiger partial charge in [-0.25, -0.2) is 0 Å². The summed E-state index contributed by atoms with van der Waals surface area (Å²) in [4.78, 5) is 24.5. The van der Waals surface area contributed by atoms with Gasteiger partial charge in [-0.3, -0.25) is 14.9 Å². The zero-order valence-corrected chi connectivity index (χ0v) is 11.9. The second-order valence-corrected chi connectivity index (χ2v) is 4.78. The molecule has 0 radical (unpaired) electrons. The lowest BCUT2D eigenvalue weighted by molar-refractivity contribution is -0.385. The van der Waals surface area contributed by atoms with Crippen LogP contribution in [0.2, 0.25) is 0 Å². The molecule has 2 N–H and O–H groups in total. The first-order valence-corrected chi connectivity index (χ1v) is 6.43. The minimum absolute atomic E-state index is 0.0215. The summed E-state index contributed by atoms with van der Waals surface area (Å²) in [7, 11) is 2.78. The molecular formula is C13H17N3O5. The van der Waals surface area contributed by atoms with Crippen molar-refractivity contribution in [3.05, 3.63) is 27.8 Å². The quantitative estimate of drug-likeness (QED) is 0.649. The zero-order chi connectivity index (χ0) is 15.6. The fourth-order valence-electron chi connectivity index (χ4n) is 2.33. The number of hydrogen-bond acceptors (Lipinski definition) is 6. The number of likely N-dealkylation sites (tertiary alicyclic amines) is 1. The van der Waals surface area contributed by atoms with Crippen LogP contribution in [0.4, 0.5) is 5.69 Å². The van der Waals surface area contributed by atoms with Crippen LogP contribution in [0.15, 0.2) is 12.1 Å². The minimum Gasteiger partial charge on any atom is -0.493 e. The molecule has 1 aliphatic rings. The summed E-state index contributed by atoms with van der Waals surface area (Å²) in [5, 5.41) is 11.2. The first-order chi connectivity index (χ1) is 9.97. The van der Waals surface area contributed by atoms with E-state index in [0.717, 1.165) is 0 Å². The number of ether oxygens (including phenoxy) is 2. The third kappa shape index (κ3) is 2.89. The number of nitrogens with zero attached hydrogens (tertiary/aromatic N) is 2. The van der Waals surface area contributed by atoms with Gasteiger partial charge in [0.15, 0.2) is 11.5 Å². The fraction of sp³-hybridized carbons (Fsp3) is 0.462. The summed E-state index contributed by atoms with van der Waals surface area (Å²) < 4.78 is 10.1. The highest BCUT2D eigenvalue weighted by molar-refractivity contribution is 5.99. The summed E-state index contributed by atoms with van der Waals surface area (Å²) in [5.41, 5.74) is 5.44. The number of amides is 1. The summed E-state index contributed by atoms with van der Waals surface area (Å²) >= 11 is 0. The molecule has 8 nitrogen and oxygen atoms in total. The van der Waals surface area contributed by atoms with Gasteiger partial charge in [0.25, 0.3) is 11.6 Å². The topological polar surface area (TPSA) is 108 Å². The van der Waals surface area contributed by atoms with Crippen molar-refractivity contribution in [3.63, 3.8) is 0 Å². The molecule has 0 saturated carbocycles. The highest BCUT2D eigenvalue weighted by Crippen LogP contribution is 2.35. The van der Waals surface area contributed by atoms with Crippen LogP contribution in [0.5, 0.6) is 11.5 Å². The molecule has 1 aliphatic heterocycles. The van der Waals surface area contributed by atoms with E-state index in [1.165, 1.54) is 31.3 Å². The second-order valence-electron chi connectivity index (χ2n) is 4.78. The Hall–Kier alpha value is -2.35. The van der Waals surface area contributed by atoms with Crippen molar-refractivity contribution in [2.75, 3.05) is 27.3 Å². The Morgan fingerprint density at radius 2 is 2.00 bits per heavy atom. The summed E-state index contributed by atoms with van der Waals surface area (Å²) in [6.45, 7) is 0.885. The van der Waals surface area contributed by atoms with Gasteiger partial charge in [0.1, 0.15) is 5.56 Å².